The van der Waals surface area contributed by atoms with Gasteiger partial charge in [0.2, 0.25) is 0 Å². The summed E-state index contributed by atoms with van der Waals surface area (Å²) in [6.45, 7) is 0.104. The van der Waals surface area contributed by atoms with Gasteiger partial charge < -0.3 is 0 Å². The molecule has 2 bridgehead atoms. The zero-order chi connectivity index (χ0) is 21.9. The summed E-state index contributed by atoms with van der Waals surface area (Å²) in [5, 5.41) is 2.65. The molecule has 0 unspecified atom stereocenters. The number of imide groups is 1. The monoisotopic (exact) mass is 564 g/mol. The van der Waals surface area contributed by atoms with Crippen molar-refractivity contribution in [1.29, 1.82) is 0 Å². The second kappa shape index (κ2) is 8.01. The number of carbonyl (C=O) groups is 3. The molecule has 5 rings (SSSR count). The van der Waals surface area contributed by atoms with Gasteiger partial charge in [-0.25, -0.2) is 5.01 Å². The SMILES string of the molecule is O=C(c1ccccc1Cl)N(Cc1ccccc1)N1C(=O)[C@@H]2[C@H]3C[C@@H]([C@H](Br)[C@H]3Br)[C@@H]2C1=O. The summed E-state index contributed by atoms with van der Waals surface area (Å²) in [6.07, 6.45) is 0.837. The Morgan fingerprint density at radius 2 is 1.48 bits per heavy atom. The van der Waals surface area contributed by atoms with Gasteiger partial charge >= 0.3 is 0 Å². The topological polar surface area (TPSA) is 57.7 Å². The number of hydrogen-bond donors (Lipinski definition) is 0. The molecule has 1 saturated heterocycles. The molecular formula is C23H19Br2ClN2O3. The quantitative estimate of drug-likeness (QED) is 0.399. The first kappa shape index (κ1) is 21.2. The zero-order valence-electron chi connectivity index (χ0n) is 16.3. The van der Waals surface area contributed by atoms with E-state index in [1.807, 2.05) is 30.3 Å². The molecule has 2 aromatic rings. The Morgan fingerprint density at radius 3 is 2.06 bits per heavy atom. The maximum atomic E-state index is 13.6. The number of halogens is 3. The van der Waals surface area contributed by atoms with Crippen LogP contribution in [0.25, 0.3) is 0 Å². The Balaban J connectivity index is 1.54. The fraction of sp³-hybridized carbons (Fsp3) is 0.348. The van der Waals surface area contributed by atoms with Crippen LogP contribution in [0.3, 0.4) is 0 Å². The fourth-order valence-electron chi connectivity index (χ4n) is 5.33. The predicted octanol–water partition coefficient (Wildman–Crippen LogP) is 4.68. The van der Waals surface area contributed by atoms with Crippen molar-refractivity contribution in [3.63, 3.8) is 0 Å². The molecule has 0 spiro atoms. The lowest BCUT2D eigenvalue weighted by molar-refractivity contribution is -0.156. The number of alkyl halides is 2. The number of benzene rings is 2. The minimum absolute atomic E-state index is 0.0785. The first-order valence-corrected chi connectivity index (χ1v) is 12.4. The molecule has 3 amide bonds. The molecule has 0 aromatic heterocycles. The van der Waals surface area contributed by atoms with E-state index in [1.165, 1.54) is 5.01 Å². The predicted molar refractivity (Wildman–Crippen MR) is 124 cm³/mol. The van der Waals surface area contributed by atoms with E-state index in [0.717, 1.165) is 17.0 Å². The Labute approximate surface area is 201 Å². The summed E-state index contributed by atoms with van der Waals surface area (Å²) in [5.74, 6) is -1.68. The first-order chi connectivity index (χ1) is 14.9. The molecular weight excluding hydrogens is 548 g/mol. The van der Waals surface area contributed by atoms with Gasteiger partial charge in [-0.2, -0.15) is 5.01 Å². The molecule has 160 valence electrons. The smallest absolute Gasteiger partial charge is 0.272 e. The third-order valence-electron chi connectivity index (χ3n) is 6.72. The highest BCUT2D eigenvalue weighted by atomic mass is 79.9. The lowest BCUT2D eigenvalue weighted by Crippen LogP contribution is -2.50. The van der Waals surface area contributed by atoms with Crippen molar-refractivity contribution in [3.8, 4) is 0 Å². The number of amides is 3. The standard InChI is InChI=1S/C23H19Br2ClN2O3/c24-19-14-10-15(20(19)25)18-17(14)22(30)28(23(18)31)27(11-12-6-2-1-3-7-12)21(29)13-8-4-5-9-16(13)26/h1-9,14-15,17-20H,10-11H2/t14-,15-,17-,18+,19+,20+/m1/s1. The Morgan fingerprint density at radius 1 is 0.935 bits per heavy atom. The van der Waals surface area contributed by atoms with Gasteiger partial charge in [0, 0.05) is 9.65 Å². The van der Waals surface area contributed by atoms with E-state index in [1.54, 1.807) is 24.3 Å². The summed E-state index contributed by atoms with van der Waals surface area (Å²) in [4.78, 5) is 40.9. The van der Waals surface area contributed by atoms with Crippen molar-refractivity contribution in [2.75, 3.05) is 0 Å². The lowest BCUT2D eigenvalue weighted by atomic mass is 9.81. The van der Waals surface area contributed by atoms with E-state index in [0.29, 0.717) is 0 Å². The van der Waals surface area contributed by atoms with Crippen molar-refractivity contribution >= 4 is 61.2 Å². The van der Waals surface area contributed by atoms with E-state index < -0.39 is 17.7 Å². The van der Waals surface area contributed by atoms with Crippen LogP contribution < -0.4 is 0 Å². The van der Waals surface area contributed by atoms with Crippen molar-refractivity contribution < 1.29 is 14.4 Å². The maximum Gasteiger partial charge on any atom is 0.274 e. The summed E-state index contributed by atoms with van der Waals surface area (Å²) < 4.78 is 0. The summed E-state index contributed by atoms with van der Waals surface area (Å²) >= 11 is 13.7. The highest BCUT2D eigenvalue weighted by Crippen LogP contribution is 2.60. The van der Waals surface area contributed by atoms with Gasteiger partial charge in [-0.1, -0.05) is 85.9 Å². The van der Waals surface area contributed by atoms with Crippen molar-refractivity contribution in [2.24, 2.45) is 23.7 Å². The molecule has 2 saturated carbocycles. The molecule has 1 heterocycles. The molecule has 5 nitrogen and oxygen atoms in total. The average Bonchev–Trinajstić information content (AvgIpc) is 3.38. The Bertz CT molecular complexity index is 1030. The summed E-state index contributed by atoms with van der Waals surface area (Å²) in [5.41, 5.74) is 1.08. The van der Waals surface area contributed by atoms with Gasteiger partial charge in [0.1, 0.15) is 0 Å². The average molecular weight is 567 g/mol. The highest BCUT2D eigenvalue weighted by molar-refractivity contribution is 9.12. The van der Waals surface area contributed by atoms with E-state index in [-0.39, 0.29) is 50.4 Å². The van der Waals surface area contributed by atoms with Crippen molar-refractivity contribution in [2.45, 2.75) is 22.6 Å². The molecule has 0 N–H and O–H groups in total. The van der Waals surface area contributed by atoms with Crippen molar-refractivity contribution in [3.05, 3.63) is 70.7 Å². The van der Waals surface area contributed by atoms with Gasteiger partial charge in [0.05, 0.1) is 29.0 Å². The third-order valence-corrected chi connectivity index (χ3v) is 10.3. The highest BCUT2D eigenvalue weighted by Gasteiger charge is 2.67. The number of hydrogen-bond acceptors (Lipinski definition) is 3. The van der Waals surface area contributed by atoms with Crippen LogP contribution in [-0.2, 0) is 16.1 Å². The van der Waals surface area contributed by atoms with Crippen LogP contribution in [-0.4, -0.2) is 37.4 Å². The Hall–Kier alpha value is -1.70. The van der Waals surface area contributed by atoms with E-state index in [2.05, 4.69) is 31.9 Å². The third kappa shape index (κ3) is 3.28. The lowest BCUT2D eigenvalue weighted by Gasteiger charge is -2.31. The zero-order valence-corrected chi connectivity index (χ0v) is 20.3. The number of carbonyl (C=O) groups excluding carboxylic acids is 3. The minimum Gasteiger partial charge on any atom is -0.272 e. The van der Waals surface area contributed by atoms with Gasteiger partial charge in [-0.15, -0.1) is 0 Å². The fourth-order valence-corrected chi connectivity index (χ4v) is 7.42. The number of rotatable bonds is 4. The molecule has 31 heavy (non-hydrogen) atoms. The van der Waals surface area contributed by atoms with Gasteiger partial charge in [0.25, 0.3) is 17.7 Å². The normalized spacial score (nSPS) is 31.3. The summed E-state index contributed by atoms with van der Waals surface area (Å²) in [7, 11) is 0. The molecule has 2 aromatic carbocycles. The second-order valence-electron chi connectivity index (χ2n) is 8.32. The number of hydrazine groups is 1. The first-order valence-electron chi connectivity index (χ1n) is 10.2. The van der Waals surface area contributed by atoms with E-state index in [4.69, 9.17) is 11.6 Å². The maximum absolute atomic E-state index is 13.6. The van der Waals surface area contributed by atoms with Crippen LogP contribution in [0.4, 0.5) is 0 Å². The van der Waals surface area contributed by atoms with Gasteiger partial charge in [-0.3, -0.25) is 14.4 Å². The summed E-state index contributed by atoms with van der Waals surface area (Å²) in [6, 6.07) is 16.0. The molecule has 6 atom stereocenters. The van der Waals surface area contributed by atoms with E-state index >= 15 is 0 Å². The number of nitrogens with zero attached hydrogens (tertiary/aromatic N) is 2. The molecule has 2 aliphatic carbocycles. The molecule has 8 heteroatoms. The van der Waals surface area contributed by atoms with Crippen LogP contribution in [0.5, 0.6) is 0 Å². The van der Waals surface area contributed by atoms with E-state index in [9.17, 15) is 14.4 Å². The van der Waals surface area contributed by atoms with Crippen LogP contribution in [0.1, 0.15) is 22.3 Å². The van der Waals surface area contributed by atoms with Crippen LogP contribution in [0.15, 0.2) is 54.6 Å². The van der Waals surface area contributed by atoms with Crippen LogP contribution in [0.2, 0.25) is 5.02 Å². The Kier molecular flexibility index (Phi) is 5.47. The molecule has 0 radical (unpaired) electrons. The second-order valence-corrected chi connectivity index (χ2v) is 10.8. The minimum atomic E-state index is -0.464. The van der Waals surface area contributed by atoms with Gasteiger partial charge in [-0.05, 0) is 36.0 Å². The van der Waals surface area contributed by atoms with Crippen LogP contribution >= 0.6 is 43.5 Å². The van der Waals surface area contributed by atoms with Crippen molar-refractivity contribution in [1.82, 2.24) is 10.0 Å². The van der Waals surface area contributed by atoms with Crippen LogP contribution in [0, 0.1) is 23.7 Å². The number of fused-ring (bicyclic) bond motifs is 5. The van der Waals surface area contributed by atoms with Gasteiger partial charge in [0.15, 0.2) is 0 Å². The molecule has 3 aliphatic rings. The molecule has 3 fully saturated rings. The largest absolute Gasteiger partial charge is 0.274 e. The molecule has 1 aliphatic heterocycles.